The third-order valence-electron chi connectivity index (χ3n) is 7.26. The van der Waals surface area contributed by atoms with E-state index >= 15 is 0 Å². The highest BCUT2D eigenvalue weighted by molar-refractivity contribution is 5.53. The Kier molecular flexibility index (Phi) is 3.77. The molecule has 0 amide bonds. The van der Waals surface area contributed by atoms with Crippen LogP contribution in [-0.4, -0.2) is 18.3 Å². The van der Waals surface area contributed by atoms with Crippen LogP contribution < -0.4 is 5.32 Å². The van der Waals surface area contributed by atoms with Gasteiger partial charge in [0.25, 0.3) is 0 Å². The van der Waals surface area contributed by atoms with Crippen molar-refractivity contribution in [2.24, 2.45) is 11.8 Å². The second-order valence-electron chi connectivity index (χ2n) is 8.89. The standard InChI is InChI=1S/C24H29NO/c1-23(25-16-17-10-11-17)20-7-3-2-6-18(20)14-19-15-24(19,12-13-26)22-9-5-4-8-21(22)23/h2-9,17,19,25-26H,10-16H2,1H3/t19-,23-,24+/m0/s1. The second kappa shape index (κ2) is 5.94. The van der Waals surface area contributed by atoms with Crippen molar-refractivity contribution in [2.45, 2.75) is 50.0 Å². The van der Waals surface area contributed by atoms with Crippen LogP contribution in [0.2, 0.25) is 0 Å². The first-order valence-electron chi connectivity index (χ1n) is 10.2. The van der Waals surface area contributed by atoms with Gasteiger partial charge in [-0.3, -0.25) is 0 Å². The number of aliphatic hydroxyl groups excluding tert-OH is 1. The molecule has 0 aromatic heterocycles. The van der Waals surface area contributed by atoms with E-state index in [1.807, 2.05) is 0 Å². The van der Waals surface area contributed by atoms with E-state index in [1.165, 1.54) is 41.5 Å². The third kappa shape index (κ3) is 2.46. The van der Waals surface area contributed by atoms with Crippen molar-refractivity contribution in [3.8, 4) is 0 Å². The second-order valence-corrected chi connectivity index (χ2v) is 8.89. The van der Waals surface area contributed by atoms with E-state index in [0.717, 1.165) is 25.3 Å². The topological polar surface area (TPSA) is 32.3 Å². The molecule has 0 radical (unpaired) electrons. The van der Waals surface area contributed by atoms with Gasteiger partial charge >= 0.3 is 0 Å². The highest BCUT2D eigenvalue weighted by Gasteiger charge is 2.57. The average Bonchev–Trinajstić information content (AvgIpc) is 3.58. The summed E-state index contributed by atoms with van der Waals surface area (Å²) in [5.74, 6) is 1.50. The van der Waals surface area contributed by atoms with Crippen LogP contribution in [0, 0.1) is 11.8 Å². The summed E-state index contributed by atoms with van der Waals surface area (Å²) in [5, 5.41) is 13.8. The Hall–Kier alpha value is -1.64. The molecule has 5 rings (SSSR count). The first-order chi connectivity index (χ1) is 12.7. The SMILES string of the molecule is C[C@]1(NCC2CC2)c2ccccc2C[C@H]2C[C@@]2(CCO)c2ccccc21. The predicted octanol–water partition coefficient (Wildman–Crippen LogP) is 4.15. The van der Waals surface area contributed by atoms with Crippen LogP contribution >= 0.6 is 0 Å². The molecule has 0 spiro atoms. The maximum absolute atomic E-state index is 9.79. The fourth-order valence-corrected chi connectivity index (χ4v) is 5.43. The zero-order valence-corrected chi connectivity index (χ0v) is 15.7. The lowest BCUT2D eigenvalue weighted by atomic mass is 9.72. The van der Waals surface area contributed by atoms with Gasteiger partial charge in [0.05, 0.1) is 5.54 Å². The third-order valence-corrected chi connectivity index (χ3v) is 7.26. The molecule has 2 fully saturated rings. The summed E-state index contributed by atoms with van der Waals surface area (Å²) in [5.41, 5.74) is 5.83. The number of aliphatic hydroxyl groups is 1. The van der Waals surface area contributed by atoms with E-state index in [0.29, 0.717) is 5.92 Å². The Morgan fingerprint density at radius 1 is 1.00 bits per heavy atom. The van der Waals surface area contributed by atoms with Gasteiger partial charge in [0.1, 0.15) is 0 Å². The summed E-state index contributed by atoms with van der Waals surface area (Å²) in [6.45, 7) is 3.75. The number of benzene rings is 2. The first kappa shape index (κ1) is 16.5. The quantitative estimate of drug-likeness (QED) is 0.852. The van der Waals surface area contributed by atoms with Crippen molar-refractivity contribution in [1.82, 2.24) is 5.32 Å². The minimum absolute atomic E-state index is 0.161. The number of hydrogen-bond acceptors (Lipinski definition) is 2. The van der Waals surface area contributed by atoms with E-state index in [1.54, 1.807) is 0 Å². The molecular formula is C24H29NO. The zero-order valence-electron chi connectivity index (χ0n) is 15.7. The summed E-state index contributed by atoms with van der Waals surface area (Å²) in [6, 6.07) is 18.0. The van der Waals surface area contributed by atoms with Crippen LogP contribution in [0.25, 0.3) is 0 Å². The molecule has 0 saturated heterocycles. The lowest BCUT2D eigenvalue weighted by Crippen LogP contribution is -2.44. The van der Waals surface area contributed by atoms with Gasteiger partial charge in [0.2, 0.25) is 0 Å². The molecule has 0 unspecified atom stereocenters. The highest BCUT2D eigenvalue weighted by atomic mass is 16.3. The Bertz CT molecular complexity index is 826. The zero-order chi connectivity index (χ0) is 17.8. The van der Waals surface area contributed by atoms with E-state index in [4.69, 9.17) is 0 Å². The highest BCUT2D eigenvalue weighted by Crippen LogP contribution is 2.61. The van der Waals surface area contributed by atoms with Crippen molar-refractivity contribution in [2.75, 3.05) is 13.2 Å². The first-order valence-corrected chi connectivity index (χ1v) is 10.2. The molecule has 26 heavy (non-hydrogen) atoms. The largest absolute Gasteiger partial charge is 0.396 e. The molecule has 2 aromatic carbocycles. The van der Waals surface area contributed by atoms with Crippen LogP contribution in [0.1, 0.15) is 54.9 Å². The van der Waals surface area contributed by atoms with E-state index in [-0.39, 0.29) is 17.6 Å². The Balaban J connectivity index is 1.69. The monoisotopic (exact) mass is 347 g/mol. The smallest absolute Gasteiger partial charge is 0.0667 e. The fourth-order valence-electron chi connectivity index (χ4n) is 5.43. The Morgan fingerprint density at radius 2 is 1.69 bits per heavy atom. The normalized spacial score (nSPS) is 32.0. The van der Waals surface area contributed by atoms with Gasteiger partial charge in [0, 0.05) is 12.0 Å². The molecule has 0 aliphatic heterocycles. The molecule has 3 atom stereocenters. The van der Waals surface area contributed by atoms with Gasteiger partial charge in [-0.1, -0.05) is 48.5 Å². The number of nitrogens with one attached hydrogen (secondary N) is 1. The molecule has 2 heteroatoms. The maximum atomic E-state index is 9.79. The van der Waals surface area contributed by atoms with Gasteiger partial charge < -0.3 is 10.4 Å². The number of hydrogen-bond donors (Lipinski definition) is 2. The minimum Gasteiger partial charge on any atom is -0.396 e. The number of rotatable bonds is 5. The molecular weight excluding hydrogens is 318 g/mol. The summed E-state index contributed by atoms with van der Waals surface area (Å²) in [6.07, 6.45) is 5.95. The minimum atomic E-state index is -0.161. The van der Waals surface area contributed by atoms with Crippen molar-refractivity contribution >= 4 is 0 Å². The molecule has 2 aromatic rings. The molecule has 136 valence electrons. The molecule has 3 aliphatic rings. The van der Waals surface area contributed by atoms with Crippen molar-refractivity contribution in [3.05, 3.63) is 70.8 Å². The summed E-state index contributed by atoms with van der Waals surface area (Å²) in [7, 11) is 0. The molecule has 0 heterocycles. The Morgan fingerprint density at radius 3 is 2.42 bits per heavy atom. The fraction of sp³-hybridized carbons (Fsp3) is 0.500. The summed E-state index contributed by atoms with van der Waals surface area (Å²) < 4.78 is 0. The lowest BCUT2D eigenvalue weighted by molar-refractivity contribution is 0.264. The van der Waals surface area contributed by atoms with Gasteiger partial charge in [-0.15, -0.1) is 0 Å². The van der Waals surface area contributed by atoms with E-state index < -0.39 is 0 Å². The van der Waals surface area contributed by atoms with Gasteiger partial charge in [-0.25, -0.2) is 0 Å². The van der Waals surface area contributed by atoms with Crippen LogP contribution in [0.5, 0.6) is 0 Å². The lowest BCUT2D eigenvalue weighted by Gasteiger charge is -2.39. The number of fused-ring (bicyclic) bond motifs is 4. The summed E-state index contributed by atoms with van der Waals surface area (Å²) in [4.78, 5) is 0. The van der Waals surface area contributed by atoms with Gasteiger partial charge in [-0.2, -0.15) is 0 Å². The van der Waals surface area contributed by atoms with Crippen LogP contribution in [0.15, 0.2) is 48.5 Å². The van der Waals surface area contributed by atoms with E-state index in [9.17, 15) is 5.11 Å². The van der Waals surface area contributed by atoms with E-state index in [2.05, 4.69) is 60.8 Å². The van der Waals surface area contributed by atoms with Crippen LogP contribution in [-0.2, 0) is 17.4 Å². The van der Waals surface area contributed by atoms with Crippen LogP contribution in [0.4, 0.5) is 0 Å². The molecule has 2 saturated carbocycles. The Labute approximate surface area is 156 Å². The molecule has 2 nitrogen and oxygen atoms in total. The van der Waals surface area contributed by atoms with Gasteiger partial charge in [-0.05, 0) is 79.7 Å². The van der Waals surface area contributed by atoms with Crippen molar-refractivity contribution in [1.29, 1.82) is 0 Å². The summed E-state index contributed by atoms with van der Waals surface area (Å²) >= 11 is 0. The predicted molar refractivity (Wildman–Crippen MR) is 105 cm³/mol. The van der Waals surface area contributed by atoms with Crippen molar-refractivity contribution < 1.29 is 5.11 Å². The maximum Gasteiger partial charge on any atom is 0.0667 e. The average molecular weight is 348 g/mol. The van der Waals surface area contributed by atoms with Crippen LogP contribution in [0.3, 0.4) is 0 Å². The van der Waals surface area contributed by atoms with Crippen molar-refractivity contribution in [3.63, 3.8) is 0 Å². The molecule has 0 bridgehead atoms. The molecule has 3 aliphatic carbocycles. The molecule has 2 N–H and O–H groups in total. The van der Waals surface area contributed by atoms with Gasteiger partial charge in [0.15, 0.2) is 0 Å².